The van der Waals surface area contributed by atoms with Crippen molar-refractivity contribution in [1.82, 2.24) is 0 Å². The molecule has 0 aliphatic carbocycles. The van der Waals surface area contributed by atoms with Gasteiger partial charge < -0.3 is 5.73 Å². The Balaban J connectivity index is 2.37. The molecule has 112 valence electrons. The van der Waals surface area contributed by atoms with Gasteiger partial charge in [0.15, 0.2) is 0 Å². The highest BCUT2D eigenvalue weighted by Crippen LogP contribution is 2.35. The predicted octanol–water partition coefficient (Wildman–Crippen LogP) is 4.85. The summed E-state index contributed by atoms with van der Waals surface area (Å²) >= 11 is 3.32. The Morgan fingerprint density at radius 3 is 2.38 bits per heavy atom. The molecule has 1 unspecified atom stereocenters. The largest absolute Gasteiger partial charge is 0.416 e. The van der Waals surface area contributed by atoms with Crippen LogP contribution in [0.2, 0.25) is 0 Å². The van der Waals surface area contributed by atoms with Gasteiger partial charge in [-0.2, -0.15) is 13.2 Å². The van der Waals surface area contributed by atoms with E-state index in [1.54, 1.807) is 24.3 Å². The molecule has 2 rings (SSSR count). The van der Waals surface area contributed by atoms with E-state index >= 15 is 0 Å². The topological polar surface area (TPSA) is 26.0 Å². The van der Waals surface area contributed by atoms with Crippen molar-refractivity contribution in [3.63, 3.8) is 0 Å². The fourth-order valence-electron chi connectivity index (χ4n) is 2.11. The lowest BCUT2D eigenvalue weighted by Gasteiger charge is -2.19. The Bertz CT molecular complexity index is 640. The quantitative estimate of drug-likeness (QED) is 0.777. The van der Waals surface area contributed by atoms with Gasteiger partial charge in [0.05, 0.1) is 5.56 Å². The van der Waals surface area contributed by atoms with Crippen molar-refractivity contribution in [3.8, 4) is 0 Å². The summed E-state index contributed by atoms with van der Waals surface area (Å²) in [6.07, 6.45) is -4.39. The third-order valence-corrected chi connectivity index (χ3v) is 3.89. The lowest BCUT2D eigenvalue weighted by molar-refractivity contribution is -0.138. The molecule has 0 aromatic heterocycles. The third-order valence-electron chi connectivity index (χ3n) is 3.12. The van der Waals surface area contributed by atoms with Crippen LogP contribution in [0.1, 0.15) is 22.7 Å². The Hall–Kier alpha value is -1.40. The van der Waals surface area contributed by atoms with Gasteiger partial charge >= 0.3 is 6.18 Å². The van der Waals surface area contributed by atoms with Crippen LogP contribution in [0.15, 0.2) is 46.9 Å². The average Bonchev–Trinajstić information content (AvgIpc) is 2.40. The highest BCUT2D eigenvalue weighted by Gasteiger charge is 2.34. The lowest BCUT2D eigenvalue weighted by atomic mass is 9.95. The van der Waals surface area contributed by atoms with Gasteiger partial charge in [0.25, 0.3) is 0 Å². The molecule has 1 atom stereocenters. The van der Waals surface area contributed by atoms with Crippen LogP contribution in [-0.4, -0.2) is 0 Å². The van der Waals surface area contributed by atoms with Gasteiger partial charge in [0.1, 0.15) is 5.82 Å². The van der Waals surface area contributed by atoms with Gasteiger partial charge in [-0.25, -0.2) is 4.39 Å². The van der Waals surface area contributed by atoms with Crippen molar-refractivity contribution in [2.24, 2.45) is 5.73 Å². The zero-order valence-corrected chi connectivity index (χ0v) is 12.4. The molecule has 6 heteroatoms. The molecule has 0 saturated heterocycles. The van der Waals surface area contributed by atoms with E-state index in [1.165, 1.54) is 0 Å². The van der Waals surface area contributed by atoms with Crippen LogP contribution in [0.25, 0.3) is 0 Å². The van der Waals surface area contributed by atoms with E-state index < -0.39 is 23.6 Å². The summed E-state index contributed by atoms with van der Waals surface area (Å²) in [4.78, 5) is 0. The van der Waals surface area contributed by atoms with Gasteiger partial charge in [-0.1, -0.05) is 34.1 Å². The minimum atomic E-state index is -4.56. The summed E-state index contributed by atoms with van der Waals surface area (Å²) in [7, 11) is 0. The SMILES string of the molecule is NC(Cc1ccccc1Br)c1cc(F)ccc1C(F)(F)F. The highest BCUT2D eigenvalue weighted by molar-refractivity contribution is 9.10. The molecule has 0 saturated carbocycles. The molecule has 0 aliphatic rings. The Morgan fingerprint density at radius 1 is 1.10 bits per heavy atom. The standard InChI is InChI=1S/C15H12BrF4N/c16-13-4-2-1-3-9(13)7-14(21)11-8-10(17)5-6-12(11)15(18,19)20/h1-6,8,14H,7,21H2. The normalized spacial score (nSPS) is 13.2. The van der Waals surface area contributed by atoms with Crippen LogP contribution in [0, 0.1) is 5.82 Å². The summed E-state index contributed by atoms with van der Waals surface area (Å²) in [5.74, 6) is -0.736. The maximum absolute atomic E-state index is 13.3. The second-order valence-electron chi connectivity index (χ2n) is 4.63. The maximum atomic E-state index is 13.3. The van der Waals surface area contributed by atoms with E-state index in [4.69, 9.17) is 5.73 Å². The van der Waals surface area contributed by atoms with E-state index in [0.717, 1.165) is 28.2 Å². The first-order valence-electron chi connectivity index (χ1n) is 6.14. The number of nitrogens with two attached hydrogens (primary N) is 1. The fraction of sp³-hybridized carbons (Fsp3) is 0.200. The predicted molar refractivity (Wildman–Crippen MR) is 76.2 cm³/mol. The molecule has 0 fully saturated rings. The molecule has 0 radical (unpaired) electrons. The van der Waals surface area contributed by atoms with Crippen molar-refractivity contribution < 1.29 is 17.6 Å². The molecule has 0 bridgehead atoms. The van der Waals surface area contributed by atoms with Crippen molar-refractivity contribution in [1.29, 1.82) is 0 Å². The van der Waals surface area contributed by atoms with Gasteiger partial charge in [0, 0.05) is 10.5 Å². The van der Waals surface area contributed by atoms with E-state index in [-0.39, 0.29) is 12.0 Å². The van der Waals surface area contributed by atoms with E-state index in [1.807, 2.05) is 0 Å². The summed E-state index contributed by atoms with van der Waals surface area (Å²) < 4.78 is 53.0. The molecule has 0 heterocycles. The van der Waals surface area contributed by atoms with Crippen LogP contribution < -0.4 is 5.73 Å². The second kappa shape index (κ2) is 6.15. The minimum Gasteiger partial charge on any atom is -0.324 e. The third kappa shape index (κ3) is 3.83. The highest BCUT2D eigenvalue weighted by atomic mass is 79.9. The van der Waals surface area contributed by atoms with Gasteiger partial charge in [0.2, 0.25) is 0 Å². The Morgan fingerprint density at radius 2 is 1.76 bits per heavy atom. The van der Waals surface area contributed by atoms with Crippen LogP contribution in [0.4, 0.5) is 17.6 Å². The minimum absolute atomic E-state index is 0.175. The van der Waals surface area contributed by atoms with Crippen LogP contribution in [-0.2, 0) is 12.6 Å². The smallest absolute Gasteiger partial charge is 0.324 e. The fourth-order valence-corrected chi connectivity index (χ4v) is 2.56. The first-order chi connectivity index (χ1) is 9.79. The van der Waals surface area contributed by atoms with E-state index in [9.17, 15) is 17.6 Å². The average molecular weight is 362 g/mol. The second-order valence-corrected chi connectivity index (χ2v) is 5.49. The van der Waals surface area contributed by atoms with Crippen LogP contribution in [0.3, 0.4) is 0 Å². The number of benzene rings is 2. The van der Waals surface area contributed by atoms with Gasteiger partial charge in [-0.15, -0.1) is 0 Å². The Kier molecular flexibility index (Phi) is 4.68. The van der Waals surface area contributed by atoms with Crippen molar-refractivity contribution in [2.45, 2.75) is 18.6 Å². The summed E-state index contributed by atoms with van der Waals surface area (Å²) in [5.41, 5.74) is 5.50. The Labute approximate surface area is 127 Å². The molecule has 0 aliphatic heterocycles. The molecule has 2 aromatic rings. The summed E-state index contributed by atoms with van der Waals surface area (Å²) in [6.45, 7) is 0. The van der Waals surface area contributed by atoms with Crippen LogP contribution >= 0.6 is 15.9 Å². The maximum Gasteiger partial charge on any atom is 0.416 e. The van der Waals surface area contributed by atoms with E-state index in [2.05, 4.69) is 15.9 Å². The van der Waals surface area contributed by atoms with Crippen LogP contribution in [0.5, 0.6) is 0 Å². The first kappa shape index (κ1) is 16.0. The molecule has 1 nitrogen and oxygen atoms in total. The zero-order valence-electron chi connectivity index (χ0n) is 10.8. The first-order valence-corrected chi connectivity index (χ1v) is 6.94. The number of alkyl halides is 3. The van der Waals surface area contributed by atoms with E-state index in [0.29, 0.717) is 0 Å². The number of hydrogen-bond acceptors (Lipinski definition) is 1. The lowest BCUT2D eigenvalue weighted by Crippen LogP contribution is -2.20. The number of rotatable bonds is 3. The molecule has 0 spiro atoms. The zero-order chi connectivity index (χ0) is 15.6. The molecule has 21 heavy (non-hydrogen) atoms. The molecule has 2 N–H and O–H groups in total. The van der Waals surface area contributed by atoms with Gasteiger partial charge in [-0.05, 0) is 41.8 Å². The molecular weight excluding hydrogens is 350 g/mol. The molecule has 0 amide bonds. The monoisotopic (exact) mass is 361 g/mol. The number of hydrogen-bond donors (Lipinski definition) is 1. The summed E-state index contributed by atoms with van der Waals surface area (Å²) in [5, 5.41) is 0. The number of halogens is 5. The van der Waals surface area contributed by atoms with Crippen molar-refractivity contribution >= 4 is 15.9 Å². The molecular formula is C15H12BrF4N. The summed E-state index contributed by atoms with van der Waals surface area (Å²) in [6, 6.07) is 8.52. The van der Waals surface area contributed by atoms with Crippen molar-refractivity contribution in [2.75, 3.05) is 0 Å². The van der Waals surface area contributed by atoms with Crippen molar-refractivity contribution in [3.05, 3.63) is 69.4 Å². The van der Waals surface area contributed by atoms with Gasteiger partial charge in [-0.3, -0.25) is 0 Å². The molecule has 2 aromatic carbocycles.